The smallest absolute Gasteiger partial charge is 0.257 e. The molecule has 1 atom stereocenters. The number of para-hydroxylation sites is 2. The zero-order chi connectivity index (χ0) is 19.8. The van der Waals surface area contributed by atoms with Gasteiger partial charge >= 0.3 is 0 Å². The third-order valence-corrected chi connectivity index (χ3v) is 6.07. The lowest BCUT2D eigenvalue weighted by molar-refractivity contribution is -0.909. The topological polar surface area (TPSA) is 74.9 Å². The number of benzene rings is 1. The quantitative estimate of drug-likeness (QED) is 0.713. The highest BCUT2D eigenvalue weighted by atomic mass is 16.3. The Bertz CT molecular complexity index is 1110. The van der Waals surface area contributed by atoms with E-state index in [9.17, 15) is 15.2 Å². The van der Waals surface area contributed by atoms with Gasteiger partial charge in [-0.1, -0.05) is 19.1 Å². The number of rotatable bonds is 4. The van der Waals surface area contributed by atoms with Gasteiger partial charge in [0, 0.05) is 6.07 Å². The molecule has 1 fully saturated rings. The number of aromatic nitrogens is 2. The van der Waals surface area contributed by atoms with Crippen molar-refractivity contribution < 1.29 is 10.0 Å². The van der Waals surface area contributed by atoms with Gasteiger partial charge in [-0.05, 0) is 43.4 Å². The van der Waals surface area contributed by atoms with Crippen LogP contribution in [0.5, 0.6) is 0 Å². The minimum Gasteiger partial charge on any atom is -0.385 e. The van der Waals surface area contributed by atoms with Crippen LogP contribution in [0, 0.1) is 24.2 Å². The molecule has 146 valence electrons. The molecule has 0 bridgehead atoms. The molecule has 4 rings (SSSR count). The van der Waals surface area contributed by atoms with E-state index in [0.717, 1.165) is 30.0 Å². The third kappa shape index (κ3) is 3.21. The number of nitrogens with zero attached hydrogens (tertiary/aromatic N) is 3. The summed E-state index contributed by atoms with van der Waals surface area (Å²) in [6, 6.07) is 11.4. The first kappa shape index (κ1) is 18.7. The van der Waals surface area contributed by atoms with Crippen LogP contribution in [-0.4, -0.2) is 39.8 Å². The van der Waals surface area contributed by atoms with Crippen LogP contribution in [-0.2, 0) is 6.54 Å². The Hall–Kier alpha value is -2.62. The minimum absolute atomic E-state index is 0.147. The first-order chi connectivity index (χ1) is 13.5. The van der Waals surface area contributed by atoms with Crippen molar-refractivity contribution in [1.82, 2.24) is 8.97 Å². The van der Waals surface area contributed by atoms with Crippen LogP contribution in [0.4, 0.5) is 0 Å². The number of hydrogen-bond acceptors (Lipinski definition) is 3. The summed E-state index contributed by atoms with van der Waals surface area (Å²) in [6.45, 7) is 7.31. The average molecular weight is 379 g/mol. The summed E-state index contributed by atoms with van der Waals surface area (Å²) in [7, 11) is 0. The fourth-order valence-electron chi connectivity index (χ4n) is 4.50. The molecule has 0 saturated carbocycles. The molecule has 1 saturated heterocycles. The molecule has 0 amide bonds. The zero-order valence-corrected chi connectivity index (χ0v) is 16.5. The highest BCUT2D eigenvalue weighted by Crippen LogP contribution is 2.23. The maximum absolute atomic E-state index is 12.7. The average Bonchev–Trinajstić information content (AvgIpc) is 2.99. The minimum atomic E-state index is -0.537. The molecule has 0 unspecified atom stereocenters. The summed E-state index contributed by atoms with van der Waals surface area (Å²) in [4.78, 5) is 14.1. The number of aliphatic hydroxyl groups is 1. The molecular formula is C22H27N4O2+. The fraction of sp³-hybridized carbons (Fsp3) is 0.455. The second-order valence-corrected chi connectivity index (χ2v) is 8.20. The predicted molar refractivity (Wildman–Crippen MR) is 109 cm³/mol. The Kier molecular flexibility index (Phi) is 4.96. The highest BCUT2D eigenvalue weighted by molar-refractivity contribution is 5.84. The first-order valence-electron chi connectivity index (χ1n) is 10.0. The summed E-state index contributed by atoms with van der Waals surface area (Å²) >= 11 is 0. The van der Waals surface area contributed by atoms with Crippen LogP contribution >= 0.6 is 0 Å². The lowest BCUT2D eigenvalue weighted by atomic mass is 9.99. The number of aliphatic hydroxyl groups excluding tert-OH is 1. The number of hydrogen-bond donors (Lipinski definition) is 2. The van der Waals surface area contributed by atoms with E-state index in [1.54, 1.807) is 11.3 Å². The number of nitriles is 1. The van der Waals surface area contributed by atoms with Crippen molar-refractivity contribution in [1.29, 1.82) is 5.26 Å². The van der Waals surface area contributed by atoms with Gasteiger partial charge in [0.05, 0.1) is 36.2 Å². The summed E-state index contributed by atoms with van der Waals surface area (Å²) < 4.78 is 3.54. The molecule has 0 radical (unpaired) electrons. The van der Waals surface area contributed by atoms with Gasteiger partial charge in [0.25, 0.3) is 5.56 Å². The Morgan fingerprint density at radius 3 is 2.64 bits per heavy atom. The van der Waals surface area contributed by atoms with E-state index < -0.39 is 6.10 Å². The fourth-order valence-corrected chi connectivity index (χ4v) is 4.50. The van der Waals surface area contributed by atoms with Gasteiger partial charge in [0.1, 0.15) is 24.4 Å². The zero-order valence-electron chi connectivity index (χ0n) is 16.5. The molecule has 6 heteroatoms. The number of aryl methyl sites for hydroxylation is 1. The van der Waals surface area contributed by atoms with Crippen molar-refractivity contribution in [2.24, 2.45) is 5.92 Å². The molecule has 2 N–H and O–H groups in total. The normalized spacial score (nSPS) is 21.1. The maximum atomic E-state index is 12.7. The third-order valence-electron chi connectivity index (χ3n) is 6.07. The lowest BCUT2D eigenvalue weighted by Gasteiger charge is -2.29. The summed E-state index contributed by atoms with van der Waals surface area (Å²) in [5.41, 5.74) is 3.22. The first-order valence-corrected chi connectivity index (χ1v) is 10.0. The Labute approximate surface area is 164 Å². The van der Waals surface area contributed by atoms with Gasteiger partial charge in [-0.2, -0.15) is 5.26 Å². The number of pyridine rings is 1. The van der Waals surface area contributed by atoms with Crippen molar-refractivity contribution >= 4 is 16.7 Å². The van der Waals surface area contributed by atoms with Crippen molar-refractivity contribution in [3.05, 3.63) is 51.8 Å². The van der Waals surface area contributed by atoms with Crippen LogP contribution in [0.3, 0.4) is 0 Å². The number of quaternary nitrogens is 1. The van der Waals surface area contributed by atoms with E-state index in [1.165, 1.54) is 23.8 Å². The molecule has 28 heavy (non-hydrogen) atoms. The van der Waals surface area contributed by atoms with Crippen LogP contribution < -0.4 is 10.5 Å². The van der Waals surface area contributed by atoms with E-state index in [-0.39, 0.29) is 5.56 Å². The lowest BCUT2D eigenvalue weighted by Crippen LogP contribution is -3.14. The molecular weight excluding hydrogens is 352 g/mol. The van der Waals surface area contributed by atoms with Gasteiger partial charge in [-0.3, -0.25) is 9.20 Å². The molecule has 1 aromatic carbocycles. The van der Waals surface area contributed by atoms with Crippen LogP contribution in [0.2, 0.25) is 0 Å². The summed E-state index contributed by atoms with van der Waals surface area (Å²) in [6.07, 6.45) is 1.86. The second-order valence-electron chi connectivity index (χ2n) is 8.20. The molecule has 1 aliphatic rings. The molecule has 3 aromatic rings. The molecule has 2 aromatic heterocycles. The number of piperidine rings is 1. The van der Waals surface area contributed by atoms with Crippen LogP contribution in [0.1, 0.15) is 30.9 Å². The van der Waals surface area contributed by atoms with Gasteiger partial charge in [0.15, 0.2) is 0 Å². The monoisotopic (exact) mass is 379 g/mol. The highest BCUT2D eigenvalue weighted by Gasteiger charge is 2.24. The number of nitrogens with one attached hydrogen (secondary N) is 1. The number of likely N-dealkylation sites (tertiary alicyclic amines) is 1. The van der Waals surface area contributed by atoms with Crippen LogP contribution in [0.25, 0.3) is 16.7 Å². The van der Waals surface area contributed by atoms with Gasteiger partial charge in [-0.15, -0.1) is 0 Å². The summed E-state index contributed by atoms with van der Waals surface area (Å²) in [5, 5.41) is 20.6. The Morgan fingerprint density at radius 2 is 1.96 bits per heavy atom. The SMILES string of the molecule is Cc1cc(=O)n2c3ccccc3n(C[C@H](O)C[NH+]3CCC(C)CC3)c2c1C#N. The predicted octanol–water partition coefficient (Wildman–Crippen LogP) is 1.11. The largest absolute Gasteiger partial charge is 0.385 e. The molecule has 3 heterocycles. The number of imidazole rings is 1. The van der Waals surface area contributed by atoms with Crippen molar-refractivity contribution in [2.75, 3.05) is 19.6 Å². The Morgan fingerprint density at radius 1 is 1.29 bits per heavy atom. The van der Waals surface area contributed by atoms with E-state index in [4.69, 9.17) is 0 Å². The van der Waals surface area contributed by atoms with E-state index >= 15 is 0 Å². The van der Waals surface area contributed by atoms with E-state index in [0.29, 0.717) is 29.9 Å². The second kappa shape index (κ2) is 7.42. The van der Waals surface area contributed by atoms with Gasteiger partial charge in [-0.25, -0.2) is 0 Å². The van der Waals surface area contributed by atoms with E-state index in [1.807, 2.05) is 28.8 Å². The molecule has 1 aliphatic heterocycles. The maximum Gasteiger partial charge on any atom is 0.257 e. The van der Waals surface area contributed by atoms with Crippen LogP contribution in [0.15, 0.2) is 35.1 Å². The van der Waals surface area contributed by atoms with Crippen molar-refractivity contribution in [3.8, 4) is 6.07 Å². The van der Waals surface area contributed by atoms with Crippen molar-refractivity contribution in [2.45, 2.75) is 39.3 Å². The molecule has 0 aliphatic carbocycles. The summed E-state index contributed by atoms with van der Waals surface area (Å²) in [5.74, 6) is 0.770. The molecule has 0 spiro atoms. The standard InChI is InChI=1S/C22H26N4O2/c1-15-7-9-24(10-8-15)13-17(27)14-25-19-5-3-4-6-20(19)26-21(28)11-16(2)18(12-23)22(25)26/h3-6,11,15,17,27H,7-10,13-14H2,1-2H3/p+1/t17-/m1/s1. The number of fused-ring (bicyclic) bond motifs is 3. The van der Waals surface area contributed by atoms with E-state index in [2.05, 4.69) is 13.0 Å². The molecule has 6 nitrogen and oxygen atoms in total. The van der Waals surface area contributed by atoms with Gasteiger partial charge < -0.3 is 14.6 Å². The van der Waals surface area contributed by atoms with Crippen molar-refractivity contribution in [3.63, 3.8) is 0 Å². The Balaban J connectivity index is 1.77. The van der Waals surface area contributed by atoms with Gasteiger partial charge in [0.2, 0.25) is 0 Å².